The highest BCUT2D eigenvalue weighted by Gasteiger charge is 2.30. The van der Waals surface area contributed by atoms with Crippen LogP contribution in [-0.2, 0) is 9.53 Å². The number of ketones is 1. The Bertz CT molecular complexity index is 587. The highest BCUT2D eigenvalue weighted by atomic mass is 16.5. The number of carbonyl (C=O) groups is 1. The predicted molar refractivity (Wildman–Crippen MR) is 70.9 cm³/mol. The highest BCUT2D eigenvalue weighted by Crippen LogP contribution is 2.33. The van der Waals surface area contributed by atoms with Crippen molar-refractivity contribution in [1.29, 1.82) is 0 Å². The van der Waals surface area contributed by atoms with Gasteiger partial charge in [-0.25, -0.2) is 9.97 Å². The molecular formula is C14H17N3O2. The minimum atomic E-state index is 0.0290. The average Bonchev–Trinajstić information content (AvgIpc) is 3.05. The molecular weight excluding hydrogens is 242 g/mol. The largest absolute Gasteiger partial charge is 0.378 e. The fourth-order valence-electron chi connectivity index (χ4n) is 2.82. The smallest absolute Gasteiger partial charge is 0.140 e. The van der Waals surface area contributed by atoms with E-state index in [1.165, 1.54) is 0 Å². The van der Waals surface area contributed by atoms with Gasteiger partial charge in [0.2, 0.25) is 0 Å². The Morgan fingerprint density at radius 1 is 1.58 bits per heavy atom. The van der Waals surface area contributed by atoms with Gasteiger partial charge in [-0.15, -0.1) is 0 Å². The van der Waals surface area contributed by atoms with Crippen molar-refractivity contribution < 1.29 is 9.53 Å². The number of Topliss-reactive ketones (excluding diaryl/α,β-unsaturated/α-hetero) is 1. The van der Waals surface area contributed by atoms with E-state index in [1.54, 1.807) is 13.3 Å². The summed E-state index contributed by atoms with van der Waals surface area (Å²) < 4.78 is 5.77. The summed E-state index contributed by atoms with van der Waals surface area (Å²) in [6.45, 7) is 2.40. The molecule has 5 nitrogen and oxygen atoms in total. The number of aromatic nitrogens is 3. The lowest BCUT2D eigenvalue weighted by Gasteiger charge is -2.21. The van der Waals surface area contributed by atoms with Crippen LogP contribution in [0, 0.1) is 0 Å². The van der Waals surface area contributed by atoms with E-state index in [-0.39, 0.29) is 17.8 Å². The maximum absolute atomic E-state index is 11.6. The molecule has 0 amide bonds. The Morgan fingerprint density at radius 3 is 3.21 bits per heavy atom. The third-order valence-corrected chi connectivity index (χ3v) is 3.66. The zero-order valence-electron chi connectivity index (χ0n) is 10.9. The zero-order valence-corrected chi connectivity index (χ0v) is 10.9. The molecule has 1 aliphatic heterocycles. The number of carbonyl (C=O) groups excluding carboxylic acids is 1. The first-order chi connectivity index (χ1) is 9.25. The van der Waals surface area contributed by atoms with Crippen LogP contribution in [0.25, 0.3) is 11.0 Å². The second kappa shape index (κ2) is 5.09. The molecule has 0 saturated carbocycles. The molecule has 100 valence electrons. The Morgan fingerprint density at radius 2 is 2.47 bits per heavy atom. The van der Waals surface area contributed by atoms with Crippen molar-refractivity contribution >= 4 is 16.8 Å². The molecule has 19 heavy (non-hydrogen) atoms. The number of rotatable bonds is 4. The molecule has 2 unspecified atom stereocenters. The summed E-state index contributed by atoms with van der Waals surface area (Å²) in [5.74, 6) is 0.198. The first kappa shape index (κ1) is 12.3. The van der Waals surface area contributed by atoms with E-state index in [9.17, 15) is 4.79 Å². The summed E-state index contributed by atoms with van der Waals surface area (Å²) >= 11 is 0. The van der Waals surface area contributed by atoms with Crippen molar-refractivity contribution in [2.45, 2.75) is 38.2 Å². The molecule has 1 saturated heterocycles. The molecule has 0 spiro atoms. The molecule has 1 N–H and O–H groups in total. The van der Waals surface area contributed by atoms with Crippen LogP contribution in [-0.4, -0.2) is 33.4 Å². The minimum Gasteiger partial charge on any atom is -0.378 e. The number of fused-ring (bicyclic) bond motifs is 1. The van der Waals surface area contributed by atoms with Gasteiger partial charge in [0.25, 0.3) is 0 Å². The summed E-state index contributed by atoms with van der Waals surface area (Å²) in [5.41, 5.74) is 1.74. The second-order valence-electron chi connectivity index (χ2n) is 5.06. The van der Waals surface area contributed by atoms with Crippen LogP contribution in [0.1, 0.15) is 37.8 Å². The SMILES string of the molecule is CC(=O)CC(c1ncnc2[nH]ccc12)C1CCCO1. The van der Waals surface area contributed by atoms with Crippen LogP contribution < -0.4 is 0 Å². The number of nitrogens with one attached hydrogen (secondary N) is 1. The topological polar surface area (TPSA) is 67.9 Å². The number of hydrogen-bond acceptors (Lipinski definition) is 4. The molecule has 0 radical (unpaired) electrons. The summed E-state index contributed by atoms with van der Waals surface area (Å²) in [5, 5.41) is 0.990. The summed E-state index contributed by atoms with van der Waals surface area (Å²) in [7, 11) is 0. The van der Waals surface area contributed by atoms with Crippen LogP contribution in [0.5, 0.6) is 0 Å². The van der Waals surface area contributed by atoms with Crippen molar-refractivity contribution in [3.05, 3.63) is 24.3 Å². The van der Waals surface area contributed by atoms with E-state index in [0.29, 0.717) is 6.42 Å². The van der Waals surface area contributed by atoms with E-state index < -0.39 is 0 Å². The average molecular weight is 259 g/mol. The highest BCUT2D eigenvalue weighted by molar-refractivity contribution is 5.81. The number of H-pyrrole nitrogens is 1. The third kappa shape index (κ3) is 2.38. The quantitative estimate of drug-likeness (QED) is 0.914. The van der Waals surface area contributed by atoms with E-state index in [4.69, 9.17) is 4.74 Å². The third-order valence-electron chi connectivity index (χ3n) is 3.66. The van der Waals surface area contributed by atoms with Crippen molar-refractivity contribution in [2.24, 2.45) is 0 Å². The standard InChI is InChI=1S/C14H17N3O2/c1-9(18)7-11(12-3-2-6-19-12)13-10-4-5-15-14(10)17-8-16-13/h4-5,8,11-12H,2-3,6-7H2,1H3,(H,15,16,17). The normalized spacial score (nSPS) is 20.8. The summed E-state index contributed by atoms with van der Waals surface area (Å²) in [6.07, 6.45) is 6.02. The Balaban J connectivity index is 2.02. The molecule has 1 aliphatic rings. The van der Waals surface area contributed by atoms with Gasteiger partial charge >= 0.3 is 0 Å². The van der Waals surface area contributed by atoms with Gasteiger partial charge in [-0.05, 0) is 25.8 Å². The number of nitrogens with zero attached hydrogens (tertiary/aromatic N) is 2. The summed E-state index contributed by atoms with van der Waals surface area (Å²) in [6, 6.07) is 1.97. The van der Waals surface area contributed by atoms with Gasteiger partial charge in [0.05, 0.1) is 11.8 Å². The van der Waals surface area contributed by atoms with Crippen molar-refractivity contribution in [3.8, 4) is 0 Å². The van der Waals surface area contributed by atoms with Crippen molar-refractivity contribution in [2.75, 3.05) is 6.61 Å². The van der Waals surface area contributed by atoms with E-state index >= 15 is 0 Å². The van der Waals surface area contributed by atoms with Gasteiger partial charge in [-0.1, -0.05) is 0 Å². The van der Waals surface area contributed by atoms with Gasteiger partial charge in [-0.3, -0.25) is 0 Å². The van der Waals surface area contributed by atoms with E-state index in [2.05, 4.69) is 15.0 Å². The molecule has 0 aliphatic carbocycles. The zero-order chi connectivity index (χ0) is 13.2. The molecule has 3 heterocycles. The maximum atomic E-state index is 11.6. The molecule has 2 aromatic rings. The lowest BCUT2D eigenvalue weighted by atomic mass is 9.90. The van der Waals surface area contributed by atoms with Crippen LogP contribution in [0.3, 0.4) is 0 Å². The van der Waals surface area contributed by atoms with Gasteiger partial charge in [-0.2, -0.15) is 0 Å². The molecule has 2 aromatic heterocycles. The molecule has 0 bridgehead atoms. The van der Waals surface area contributed by atoms with Gasteiger partial charge < -0.3 is 14.5 Å². The fourth-order valence-corrected chi connectivity index (χ4v) is 2.82. The van der Waals surface area contributed by atoms with Crippen LogP contribution in [0.4, 0.5) is 0 Å². The summed E-state index contributed by atoms with van der Waals surface area (Å²) in [4.78, 5) is 23.2. The van der Waals surface area contributed by atoms with Crippen molar-refractivity contribution in [3.63, 3.8) is 0 Å². The van der Waals surface area contributed by atoms with Crippen LogP contribution >= 0.6 is 0 Å². The Hall–Kier alpha value is -1.75. The van der Waals surface area contributed by atoms with Gasteiger partial charge in [0, 0.05) is 30.5 Å². The maximum Gasteiger partial charge on any atom is 0.140 e. The number of aromatic amines is 1. The van der Waals surface area contributed by atoms with Gasteiger partial charge in [0.15, 0.2) is 0 Å². The van der Waals surface area contributed by atoms with Gasteiger partial charge in [0.1, 0.15) is 17.8 Å². The molecule has 3 rings (SSSR count). The number of hydrogen-bond donors (Lipinski definition) is 1. The minimum absolute atomic E-state index is 0.0290. The molecule has 1 fully saturated rings. The van der Waals surface area contributed by atoms with Crippen LogP contribution in [0.15, 0.2) is 18.6 Å². The Labute approximate surface area is 111 Å². The molecule has 2 atom stereocenters. The molecule has 5 heteroatoms. The monoisotopic (exact) mass is 259 g/mol. The van der Waals surface area contributed by atoms with Crippen molar-refractivity contribution in [1.82, 2.24) is 15.0 Å². The first-order valence-electron chi connectivity index (χ1n) is 6.64. The lowest BCUT2D eigenvalue weighted by Crippen LogP contribution is -2.21. The lowest BCUT2D eigenvalue weighted by molar-refractivity contribution is -0.118. The fraction of sp³-hybridized carbons (Fsp3) is 0.500. The van der Waals surface area contributed by atoms with E-state index in [0.717, 1.165) is 36.2 Å². The van der Waals surface area contributed by atoms with E-state index in [1.807, 2.05) is 12.3 Å². The predicted octanol–water partition coefficient (Wildman–Crippen LogP) is 2.20. The number of ether oxygens (including phenoxy) is 1. The first-order valence-corrected chi connectivity index (χ1v) is 6.64. The van der Waals surface area contributed by atoms with Crippen LogP contribution in [0.2, 0.25) is 0 Å². The Kier molecular flexibility index (Phi) is 3.29. The second-order valence-corrected chi connectivity index (χ2v) is 5.06. The molecule has 0 aromatic carbocycles.